The van der Waals surface area contributed by atoms with Gasteiger partial charge in [-0.05, 0) is 47.7 Å². The predicted molar refractivity (Wildman–Crippen MR) is 107 cm³/mol. The van der Waals surface area contributed by atoms with E-state index in [1.165, 1.54) is 0 Å². The third kappa shape index (κ3) is 3.56. The van der Waals surface area contributed by atoms with Crippen molar-refractivity contribution in [1.82, 2.24) is 5.32 Å². The van der Waals surface area contributed by atoms with Gasteiger partial charge >= 0.3 is 0 Å². The number of rotatable bonds is 3. The van der Waals surface area contributed by atoms with E-state index in [1.807, 2.05) is 48.5 Å². The van der Waals surface area contributed by atoms with Gasteiger partial charge in [-0.25, -0.2) is 0 Å². The summed E-state index contributed by atoms with van der Waals surface area (Å²) >= 11 is 3.44. The van der Waals surface area contributed by atoms with Crippen molar-refractivity contribution in [3.8, 4) is 5.75 Å². The summed E-state index contributed by atoms with van der Waals surface area (Å²) in [5.41, 5.74) is 3.67. The quantitative estimate of drug-likeness (QED) is 0.789. The van der Waals surface area contributed by atoms with Gasteiger partial charge in [-0.2, -0.15) is 0 Å². The zero-order valence-corrected chi connectivity index (χ0v) is 16.6. The molecule has 2 unspecified atom stereocenters. The summed E-state index contributed by atoms with van der Waals surface area (Å²) in [6.07, 6.45) is 1.46. The standard InChI is InChI=1S/C22H20BrNO3/c1-27-17-8-4-13(5-9-17)15-10-19-22(20(25)11-15)18(12-21(26)24-19)14-2-6-16(23)7-3-14/h2-9,15,18H,10-12H2,1H3,(H,24,26). The molecule has 4 nitrogen and oxygen atoms in total. The molecule has 1 amide bonds. The molecule has 138 valence electrons. The van der Waals surface area contributed by atoms with Crippen molar-refractivity contribution in [3.63, 3.8) is 0 Å². The fourth-order valence-electron chi connectivity index (χ4n) is 4.05. The first-order chi connectivity index (χ1) is 13.0. The van der Waals surface area contributed by atoms with Gasteiger partial charge < -0.3 is 10.1 Å². The smallest absolute Gasteiger partial charge is 0.225 e. The molecular formula is C22H20BrNO3. The van der Waals surface area contributed by atoms with E-state index in [0.717, 1.165) is 32.6 Å². The zero-order chi connectivity index (χ0) is 19.0. The summed E-state index contributed by atoms with van der Waals surface area (Å²) in [6.45, 7) is 0. The number of nitrogens with one attached hydrogen (secondary N) is 1. The van der Waals surface area contributed by atoms with Crippen LogP contribution in [0.1, 0.15) is 42.2 Å². The van der Waals surface area contributed by atoms with Crippen molar-refractivity contribution >= 4 is 27.6 Å². The summed E-state index contributed by atoms with van der Waals surface area (Å²) in [7, 11) is 1.63. The average molecular weight is 426 g/mol. The number of hydrogen-bond donors (Lipinski definition) is 1. The molecule has 0 spiro atoms. The van der Waals surface area contributed by atoms with Gasteiger partial charge in [-0.15, -0.1) is 0 Å². The monoisotopic (exact) mass is 425 g/mol. The molecule has 0 saturated heterocycles. The number of amides is 1. The number of Topliss-reactive ketones (excluding diaryl/α,β-unsaturated/α-hetero) is 1. The molecule has 5 heteroatoms. The molecule has 0 fully saturated rings. The summed E-state index contributed by atoms with van der Waals surface area (Å²) in [5.74, 6) is 0.814. The van der Waals surface area contributed by atoms with E-state index in [2.05, 4.69) is 21.2 Å². The molecule has 2 aromatic carbocycles. The third-order valence-corrected chi connectivity index (χ3v) is 5.92. The van der Waals surface area contributed by atoms with E-state index in [-0.39, 0.29) is 23.5 Å². The highest BCUT2D eigenvalue weighted by molar-refractivity contribution is 9.10. The first-order valence-corrected chi connectivity index (χ1v) is 9.80. The molecule has 0 aromatic heterocycles. The molecule has 1 heterocycles. The molecule has 2 atom stereocenters. The van der Waals surface area contributed by atoms with Crippen molar-refractivity contribution < 1.29 is 14.3 Å². The van der Waals surface area contributed by atoms with Gasteiger partial charge in [0.05, 0.1) is 7.11 Å². The van der Waals surface area contributed by atoms with Crippen LogP contribution in [-0.4, -0.2) is 18.8 Å². The van der Waals surface area contributed by atoms with Crippen molar-refractivity contribution in [1.29, 1.82) is 0 Å². The maximum absolute atomic E-state index is 13.0. The first kappa shape index (κ1) is 18.0. The van der Waals surface area contributed by atoms with Crippen LogP contribution < -0.4 is 10.1 Å². The molecule has 0 radical (unpaired) electrons. The second-order valence-corrected chi connectivity index (χ2v) is 7.97. The molecule has 0 bridgehead atoms. The fourth-order valence-corrected chi connectivity index (χ4v) is 4.32. The van der Waals surface area contributed by atoms with Crippen LogP contribution in [0, 0.1) is 0 Å². The molecule has 1 N–H and O–H groups in total. The van der Waals surface area contributed by atoms with Crippen LogP contribution in [0.3, 0.4) is 0 Å². The lowest BCUT2D eigenvalue weighted by atomic mass is 9.73. The summed E-state index contributed by atoms with van der Waals surface area (Å²) < 4.78 is 6.19. The molecule has 4 rings (SSSR count). The van der Waals surface area contributed by atoms with Crippen LogP contribution in [0.4, 0.5) is 0 Å². The predicted octanol–water partition coefficient (Wildman–Crippen LogP) is 4.46. The van der Waals surface area contributed by atoms with Gasteiger partial charge in [0.1, 0.15) is 5.75 Å². The van der Waals surface area contributed by atoms with E-state index in [0.29, 0.717) is 19.3 Å². The fraction of sp³-hybridized carbons (Fsp3) is 0.273. The van der Waals surface area contributed by atoms with Gasteiger partial charge in [-0.3, -0.25) is 9.59 Å². The normalized spacial score (nSPS) is 22.3. The largest absolute Gasteiger partial charge is 0.497 e. The Labute approximate surface area is 166 Å². The van der Waals surface area contributed by atoms with E-state index >= 15 is 0 Å². The Morgan fingerprint density at radius 2 is 1.59 bits per heavy atom. The molecule has 2 aromatic rings. The molecule has 27 heavy (non-hydrogen) atoms. The highest BCUT2D eigenvalue weighted by Gasteiger charge is 2.38. The van der Waals surface area contributed by atoms with E-state index in [4.69, 9.17) is 4.74 Å². The van der Waals surface area contributed by atoms with Crippen LogP contribution in [-0.2, 0) is 9.59 Å². The number of halogens is 1. The summed E-state index contributed by atoms with van der Waals surface area (Å²) in [6, 6.07) is 15.7. The molecule has 0 saturated carbocycles. The number of methoxy groups -OCH3 is 1. The first-order valence-electron chi connectivity index (χ1n) is 9.00. The topological polar surface area (TPSA) is 55.4 Å². The van der Waals surface area contributed by atoms with Crippen molar-refractivity contribution in [3.05, 3.63) is 75.4 Å². The maximum Gasteiger partial charge on any atom is 0.225 e. The van der Waals surface area contributed by atoms with Gasteiger partial charge in [0.15, 0.2) is 5.78 Å². The Balaban J connectivity index is 1.67. The Morgan fingerprint density at radius 1 is 0.926 bits per heavy atom. The SMILES string of the molecule is COc1ccc(C2CC(=O)C3=C(C2)NC(=O)CC3c2ccc(Br)cc2)cc1. The highest BCUT2D eigenvalue weighted by atomic mass is 79.9. The van der Waals surface area contributed by atoms with Crippen molar-refractivity contribution in [2.45, 2.75) is 31.1 Å². The molecule has 1 aliphatic carbocycles. The second-order valence-electron chi connectivity index (χ2n) is 7.05. The van der Waals surface area contributed by atoms with Crippen LogP contribution in [0.15, 0.2) is 64.3 Å². The average Bonchev–Trinajstić information content (AvgIpc) is 2.67. The van der Waals surface area contributed by atoms with E-state index in [9.17, 15) is 9.59 Å². The van der Waals surface area contributed by atoms with Crippen LogP contribution >= 0.6 is 15.9 Å². The summed E-state index contributed by atoms with van der Waals surface area (Å²) in [4.78, 5) is 25.4. The molecular weight excluding hydrogens is 406 g/mol. The Bertz CT molecular complexity index is 916. The lowest BCUT2D eigenvalue weighted by Crippen LogP contribution is -2.38. The Kier molecular flexibility index (Phi) is 4.87. The lowest BCUT2D eigenvalue weighted by Gasteiger charge is -2.34. The van der Waals surface area contributed by atoms with Crippen LogP contribution in [0.2, 0.25) is 0 Å². The summed E-state index contributed by atoms with van der Waals surface area (Å²) in [5, 5.41) is 2.97. The van der Waals surface area contributed by atoms with Gasteiger partial charge in [0.25, 0.3) is 0 Å². The second kappa shape index (κ2) is 7.31. The maximum atomic E-state index is 13.0. The number of ether oxygens (including phenoxy) is 1. The third-order valence-electron chi connectivity index (χ3n) is 5.40. The number of hydrogen-bond acceptors (Lipinski definition) is 3. The Morgan fingerprint density at radius 3 is 2.26 bits per heavy atom. The number of ketones is 1. The number of allylic oxidation sites excluding steroid dienone is 2. The molecule has 1 aliphatic heterocycles. The zero-order valence-electron chi connectivity index (χ0n) is 15.0. The van der Waals surface area contributed by atoms with E-state index < -0.39 is 0 Å². The van der Waals surface area contributed by atoms with Crippen LogP contribution in [0.5, 0.6) is 5.75 Å². The molecule has 2 aliphatic rings. The minimum atomic E-state index is -0.161. The highest BCUT2D eigenvalue weighted by Crippen LogP contribution is 2.42. The Hall–Kier alpha value is -2.40. The lowest BCUT2D eigenvalue weighted by molar-refractivity contribution is -0.122. The number of carbonyl (C=O) groups excluding carboxylic acids is 2. The van der Waals surface area contributed by atoms with Crippen molar-refractivity contribution in [2.75, 3.05) is 7.11 Å². The van der Waals surface area contributed by atoms with Gasteiger partial charge in [-0.1, -0.05) is 40.2 Å². The minimum absolute atomic E-state index is 0.0233. The minimum Gasteiger partial charge on any atom is -0.497 e. The van der Waals surface area contributed by atoms with Gasteiger partial charge in [0, 0.05) is 34.5 Å². The van der Waals surface area contributed by atoms with E-state index in [1.54, 1.807) is 7.11 Å². The van der Waals surface area contributed by atoms with Crippen LogP contribution in [0.25, 0.3) is 0 Å². The number of carbonyl (C=O) groups is 2. The van der Waals surface area contributed by atoms with Gasteiger partial charge in [0.2, 0.25) is 5.91 Å². The number of benzene rings is 2. The van der Waals surface area contributed by atoms with Crippen molar-refractivity contribution in [2.24, 2.45) is 0 Å².